The maximum absolute atomic E-state index is 12.8. The largest absolute Gasteiger partial charge is 0.339 e. The predicted molar refractivity (Wildman–Crippen MR) is 96.0 cm³/mol. The van der Waals surface area contributed by atoms with E-state index in [1.807, 2.05) is 16.8 Å². The number of hydrogen-bond donors (Lipinski definition) is 0. The van der Waals surface area contributed by atoms with Gasteiger partial charge < -0.3 is 9.09 Å². The highest BCUT2D eigenvalue weighted by atomic mass is 32.2. The minimum Gasteiger partial charge on any atom is -0.339 e. The van der Waals surface area contributed by atoms with E-state index in [1.54, 1.807) is 23.0 Å². The molecule has 26 heavy (non-hydrogen) atoms. The van der Waals surface area contributed by atoms with Crippen molar-refractivity contribution in [3.05, 3.63) is 35.2 Å². The van der Waals surface area contributed by atoms with Crippen LogP contribution in [0.2, 0.25) is 0 Å². The first-order valence-corrected chi connectivity index (χ1v) is 10.7. The molecule has 0 radical (unpaired) electrons. The summed E-state index contributed by atoms with van der Waals surface area (Å²) in [5.41, 5.74) is 0.938. The first kappa shape index (κ1) is 17.4. The number of piperidine rings is 1. The molecule has 1 atom stereocenters. The van der Waals surface area contributed by atoms with Gasteiger partial charge in [-0.15, -0.1) is 0 Å². The zero-order valence-electron chi connectivity index (χ0n) is 14.3. The minimum absolute atomic E-state index is 0.0955. The van der Waals surface area contributed by atoms with Gasteiger partial charge in [0.1, 0.15) is 0 Å². The number of sulfonamides is 1. The molecule has 3 aromatic rings. The Kier molecular flexibility index (Phi) is 4.63. The first-order valence-electron chi connectivity index (χ1n) is 8.35. The van der Waals surface area contributed by atoms with E-state index in [9.17, 15) is 8.42 Å². The molecule has 4 rings (SSSR count). The summed E-state index contributed by atoms with van der Waals surface area (Å²) >= 11 is 1.58. The van der Waals surface area contributed by atoms with Gasteiger partial charge in [-0.1, -0.05) is 5.16 Å². The monoisotopic (exact) mass is 393 g/mol. The smallest absolute Gasteiger partial charge is 0.262 e. The van der Waals surface area contributed by atoms with E-state index in [1.165, 1.54) is 16.8 Å². The van der Waals surface area contributed by atoms with Crippen molar-refractivity contribution >= 4 is 21.4 Å². The fraction of sp³-hybridized carbons (Fsp3) is 0.438. The van der Waals surface area contributed by atoms with Gasteiger partial charge >= 0.3 is 0 Å². The predicted octanol–water partition coefficient (Wildman–Crippen LogP) is 2.17. The van der Waals surface area contributed by atoms with Crippen molar-refractivity contribution in [1.29, 1.82) is 0 Å². The van der Waals surface area contributed by atoms with Crippen molar-refractivity contribution in [2.45, 2.75) is 24.3 Å². The van der Waals surface area contributed by atoms with Gasteiger partial charge in [0.05, 0.1) is 6.33 Å². The molecule has 0 saturated carbocycles. The summed E-state index contributed by atoms with van der Waals surface area (Å²) in [7, 11) is -1.80. The first-order chi connectivity index (χ1) is 12.5. The standard InChI is InChI=1S/C16H19N5O3S2/c1-20-9-15(17-11-20)26(22,23)21-5-2-3-12(8-21)7-14-18-16(19-24-14)13-4-6-25-10-13/h4,6,9-12H,2-3,5,7-8H2,1H3/t12-/m0/s1. The van der Waals surface area contributed by atoms with Crippen LogP contribution in [0.15, 0.2) is 38.9 Å². The average Bonchev–Trinajstić information content (AvgIpc) is 3.36. The second-order valence-corrected chi connectivity index (χ2v) is 9.14. The molecule has 8 nitrogen and oxygen atoms in total. The summed E-state index contributed by atoms with van der Waals surface area (Å²) in [5, 5.41) is 8.05. The maximum atomic E-state index is 12.8. The van der Waals surface area contributed by atoms with Crippen LogP contribution in [0.4, 0.5) is 0 Å². The summed E-state index contributed by atoms with van der Waals surface area (Å²) in [6, 6.07) is 1.95. The summed E-state index contributed by atoms with van der Waals surface area (Å²) < 4.78 is 34.0. The lowest BCUT2D eigenvalue weighted by Crippen LogP contribution is -2.40. The Labute approximate surface area is 155 Å². The third-order valence-corrected chi connectivity index (χ3v) is 6.91. The minimum atomic E-state index is -3.56. The quantitative estimate of drug-likeness (QED) is 0.659. The second kappa shape index (κ2) is 6.93. The highest BCUT2D eigenvalue weighted by molar-refractivity contribution is 7.89. The molecule has 0 amide bonds. The molecular formula is C16H19N5O3S2. The zero-order valence-corrected chi connectivity index (χ0v) is 15.9. The van der Waals surface area contributed by atoms with Crippen LogP contribution in [-0.2, 0) is 23.5 Å². The summed E-state index contributed by atoms with van der Waals surface area (Å²) in [5.74, 6) is 1.28. The van der Waals surface area contributed by atoms with Gasteiger partial charge in [0.25, 0.3) is 10.0 Å². The Morgan fingerprint density at radius 2 is 2.31 bits per heavy atom. The molecule has 1 aliphatic heterocycles. The molecule has 0 spiro atoms. The van der Waals surface area contributed by atoms with Crippen molar-refractivity contribution in [3.8, 4) is 11.4 Å². The van der Waals surface area contributed by atoms with Crippen molar-refractivity contribution in [2.75, 3.05) is 13.1 Å². The Hall–Kier alpha value is -2.04. The van der Waals surface area contributed by atoms with Crippen molar-refractivity contribution in [3.63, 3.8) is 0 Å². The van der Waals surface area contributed by atoms with Gasteiger partial charge in [0.2, 0.25) is 11.7 Å². The molecule has 0 unspecified atom stereocenters. The van der Waals surface area contributed by atoms with Crippen LogP contribution in [0.25, 0.3) is 11.4 Å². The molecule has 138 valence electrons. The van der Waals surface area contributed by atoms with Crippen LogP contribution in [0, 0.1) is 5.92 Å². The fourth-order valence-electron chi connectivity index (χ4n) is 3.16. The van der Waals surface area contributed by atoms with Crippen LogP contribution >= 0.6 is 11.3 Å². The normalized spacial score (nSPS) is 19.0. The summed E-state index contributed by atoms with van der Waals surface area (Å²) in [4.78, 5) is 8.44. The lowest BCUT2D eigenvalue weighted by Gasteiger charge is -2.30. The van der Waals surface area contributed by atoms with E-state index >= 15 is 0 Å². The van der Waals surface area contributed by atoms with Gasteiger partial charge in [-0.05, 0) is 30.2 Å². The topological polar surface area (TPSA) is 94.1 Å². The lowest BCUT2D eigenvalue weighted by molar-refractivity contribution is 0.246. The molecule has 0 aromatic carbocycles. The number of hydrogen-bond acceptors (Lipinski definition) is 7. The van der Waals surface area contributed by atoms with E-state index in [0.29, 0.717) is 31.2 Å². The van der Waals surface area contributed by atoms with E-state index < -0.39 is 10.0 Å². The van der Waals surface area contributed by atoms with Gasteiger partial charge in [-0.25, -0.2) is 13.4 Å². The van der Waals surface area contributed by atoms with Crippen LogP contribution < -0.4 is 0 Å². The van der Waals surface area contributed by atoms with Crippen molar-refractivity contribution in [2.24, 2.45) is 13.0 Å². The number of imidazole rings is 1. The maximum Gasteiger partial charge on any atom is 0.262 e. The number of aryl methyl sites for hydroxylation is 1. The fourth-order valence-corrected chi connectivity index (χ4v) is 5.32. The Balaban J connectivity index is 1.46. The van der Waals surface area contributed by atoms with E-state index in [0.717, 1.165) is 18.4 Å². The van der Waals surface area contributed by atoms with E-state index in [2.05, 4.69) is 15.1 Å². The van der Waals surface area contributed by atoms with Crippen LogP contribution in [0.5, 0.6) is 0 Å². The zero-order chi connectivity index (χ0) is 18.1. The highest BCUT2D eigenvalue weighted by Crippen LogP contribution is 2.26. The molecule has 0 aliphatic carbocycles. The van der Waals surface area contributed by atoms with E-state index in [-0.39, 0.29) is 10.9 Å². The van der Waals surface area contributed by atoms with Crippen LogP contribution in [0.1, 0.15) is 18.7 Å². The molecule has 1 fully saturated rings. The SMILES string of the molecule is Cn1cnc(S(=O)(=O)N2CCC[C@@H](Cc3nc(-c4ccsc4)no3)C2)c1. The lowest BCUT2D eigenvalue weighted by atomic mass is 9.96. The van der Waals surface area contributed by atoms with Gasteiger partial charge in [0.15, 0.2) is 5.03 Å². The van der Waals surface area contributed by atoms with Crippen molar-refractivity contribution < 1.29 is 12.9 Å². The van der Waals surface area contributed by atoms with Gasteiger partial charge in [0, 0.05) is 43.7 Å². The van der Waals surface area contributed by atoms with Gasteiger partial charge in [-0.3, -0.25) is 0 Å². The number of thiophene rings is 1. The molecule has 0 bridgehead atoms. The second-order valence-electron chi connectivity index (χ2n) is 6.48. The Morgan fingerprint density at radius 3 is 3.04 bits per heavy atom. The third kappa shape index (κ3) is 3.44. The third-order valence-electron chi connectivity index (χ3n) is 4.48. The Bertz CT molecular complexity index is 977. The molecular weight excluding hydrogens is 374 g/mol. The summed E-state index contributed by atoms with van der Waals surface area (Å²) in [6.07, 6.45) is 5.35. The van der Waals surface area contributed by atoms with Crippen LogP contribution in [-0.4, -0.2) is 45.5 Å². The molecule has 1 saturated heterocycles. The highest BCUT2D eigenvalue weighted by Gasteiger charge is 2.32. The molecule has 10 heteroatoms. The van der Waals surface area contributed by atoms with Crippen LogP contribution in [0.3, 0.4) is 0 Å². The summed E-state index contributed by atoms with van der Waals surface area (Å²) in [6.45, 7) is 0.953. The van der Waals surface area contributed by atoms with E-state index in [4.69, 9.17) is 4.52 Å². The molecule has 3 aromatic heterocycles. The van der Waals surface area contributed by atoms with Gasteiger partial charge in [-0.2, -0.15) is 20.6 Å². The average molecular weight is 393 g/mol. The number of aromatic nitrogens is 4. The van der Waals surface area contributed by atoms with Crippen molar-refractivity contribution in [1.82, 2.24) is 24.0 Å². The Morgan fingerprint density at radius 1 is 1.42 bits per heavy atom. The number of rotatable bonds is 5. The molecule has 4 heterocycles. The number of nitrogens with zero attached hydrogens (tertiary/aromatic N) is 5. The molecule has 0 N–H and O–H groups in total. The molecule has 1 aliphatic rings.